The van der Waals surface area contributed by atoms with Gasteiger partial charge >= 0.3 is 0 Å². The van der Waals surface area contributed by atoms with E-state index in [9.17, 15) is 4.79 Å². The number of thioether (sulfide) groups is 1. The highest BCUT2D eigenvalue weighted by Crippen LogP contribution is 2.26. The van der Waals surface area contributed by atoms with Crippen molar-refractivity contribution in [2.45, 2.75) is 25.7 Å². The highest BCUT2D eigenvalue weighted by atomic mass is 32.2. The van der Waals surface area contributed by atoms with Crippen LogP contribution in [0.2, 0.25) is 0 Å². The number of fused-ring (bicyclic) bond motifs is 1. The van der Waals surface area contributed by atoms with Crippen molar-refractivity contribution < 1.29 is 9.53 Å². The molecule has 1 atom stereocenters. The lowest BCUT2D eigenvalue weighted by Crippen LogP contribution is -2.37. The Labute approximate surface area is 165 Å². The van der Waals surface area contributed by atoms with Crippen LogP contribution in [0.5, 0.6) is 5.75 Å². The molecule has 0 saturated carbocycles. The number of benzene rings is 3. The maximum Gasteiger partial charge on any atom is 0.260 e. The predicted octanol–water partition coefficient (Wildman–Crippen LogP) is 4.97. The molecule has 0 aromatic heterocycles. The molecule has 0 unspecified atom stereocenters. The number of ether oxygens (including phenoxy) is 1. The summed E-state index contributed by atoms with van der Waals surface area (Å²) in [4.78, 5) is 12.3. The van der Waals surface area contributed by atoms with Gasteiger partial charge in [0.2, 0.25) is 0 Å². The van der Waals surface area contributed by atoms with Gasteiger partial charge in [-0.25, -0.2) is 0 Å². The fraction of sp³-hybridized carbons (Fsp3) is 0.261. The van der Waals surface area contributed by atoms with Gasteiger partial charge in [0.1, 0.15) is 5.75 Å². The summed E-state index contributed by atoms with van der Waals surface area (Å²) in [5, 5.41) is 5.10. The molecule has 27 heavy (non-hydrogen) atoms. The second-order valence-corrected chi connectivity index (χ2v) is 7.61. The minimum absolute atomic E-state index is 0.0839. The standard InChI is InChI=1S/C23H25NO2S/c1-17-8-3-4-10-20(17)16-27-15-14-24-23(25)18(2)26-22-13-7-11-19-9-5-6-12-21(19)22/h3-13,18H,14-16H2,1-2H3,(H,24,25)/t18-/m0/s1. The first-order valence-electron chi connectivity index (χ1n) is 9.19. The Morgan fingerprint density at radius 2 is 1.78 bits per heavy atom. The van der Waals surface area contributed by atoms with Gasteiger partial charge < -0.3 is 10.1 Å². The van der Waals surface area contributed by atoms with Gasteiger partial charge in [-0.05, 0) is 36.4 Å². The molecule has 0 fully saturated rings. The molecule has 3 rings (SSSR count). The number of hydrogen-bond acceptors (Lipinski definition) is 3. The summed E-state index contributed by atoms with van der Waals surface area (Å²) in [6.07, 6.45) is -0.530. The highest BCUT2D eigenvalue weighted by Gasteiger charge is 2.15. The van der Waals surface area contributed by atoms with Gasteiger partial charge in [-0.2, -0.15) is 11.8 Å². The molecule has 0 aliphatic heterocycles. The normalized spacial score (nSPS) is 11.9. The molecular formula is C23H25NO2S. The third-order valence-electron chi connectivity index (χ3n) is 4.49. The van der Waals surface area contributed by atoms with Gasteiger partial charge in [0.05, 0.1) is 0 Å². The zero-order valence-corrected chi connectivity index (χ0v) is 16.6. The molecule has 140 valence electrons. The number of carbonyl (C=O) groups excluding carboxylic acids is 1. The van der Waals surface area contributed by atoms with Crippen LogP contribution in [0.25, 0.3) is 10.8 Å². The zero-order valence-electron chi connectivity index (χ0n) is 15.8. The molecule has 3 aromatic carbocycles. The van der Waals surface area contributed by atoms with Crippen LogP contribution in [0.1, 0.15) is 18.1 Å². The Hall–Kier alpha value is -2.46. The van der Waals surface area contributed by atoms with E-state index in [-0.39, 0.29) is 5.91 Å². The van der Waals surface area contributed by atoms with E-state index in [4.69, 9.17) is 4.74 Å². The molecule has 4 heteroatoms. The predicted molar refractivity (Wildman–Crippen MR) is 114 cm³/mol. The van der Waals surface area contributed by atoms with E-state index in [1.54, 1.807) is 6.92 Å². The van der Waals surface area contributed by atoms with E-state index in [1.807, 2.05) is 54.2 Å². The maximum atomic E-state index is 12.3. The van der Waals surface area contributed by atoms with Gasteiger partial charge in [0.15, 0.2) is 6.10 Å². The lowest BCUT2D eigenvalue weighted by molar-refractivity contribution is -0.127. The van der Waals surface area contributed by atoms with Crippen LogP contribution in [0.15, 0.2) is 66.7 Å². The maximum absolute atomic E-state index is 12.3. The Morgan fingerprint density at radius 1 is 1.04 bits per heavy atom. The van der Waals surface area contributed by atoms with Crippen LogP contribution < -0.4 is 10.1 Å². The number of amides is 1. The van der Waals surface area contributed by atoms with Gasteiger partial charge in [-0.1, -0.05) is 60.7 Å². The fourth-order valence-electron chi connectivity index (χ4n) is 2.89. The second kappa shape index (κ2) is 9.47. The summed E-state index contributed by atoms with van der Waals surface area (Å²) < 4.78 is 5.91. The average Bonchev–Trinajstić information content (AvgIpc) is 2.69. The summed E-state index contributed by atoms with van der Waals surface area (Å²) >= 11 is 1.82. The Bertz CT molecular complexity index is 904. The highest BCUT2D eigenvalue weighted by molar-refractivity contribution is 7.98. The van der Waals surface area contributed by atoms with Crippen LogP contribution in [0, 0.1) is 6.92 Å². The first-order valence-corrected chi connectivity index (χ1v) is 10.3. The smallest absolute Gasteiger partial charge is 0.260 e. The summed E-state index contributed by atoms with van der Waals surface area (Å²) in [5.74, 6) is 2.50. The Balaban J connectivity index is 1.44. The number of aryl methyl sites for hydroxylation is 1. The minimum atomic E-state index is -0.530. The van der Waals surface area contributed by atoms with Crippen molar-refractivity contribution in [3.8, 4) is 5.75 Å². The number of rotatable bonds is 8. The van der Waals surface area contributed by atoms with Gasteiger partial charge in [0, 0.05) is 23.4 Å². The topological polar surface area (TPSA) is 38.3 Å². The molecule has 3 aromatic rings. The molecule has 0 spiro atoms. The average molecular weight is 380 g/mol. The van der Waals surface area contributed by atoms with E-state index in [0.29, 0.717) is 6.54 Å². The van der Waals surface area contributed by atoms with Crippen molar-refractivity contribution in [3.05, 3.63) is 77.9 Å². The van der Waals surface area contributed by atoms with Crippen molar-refractivity contribution in [2.75, 3.05) is 12.3 Å². The van der Waals surface area contributed by atoms with Crippen molar-refractivity contribution in [1.29, 1.82) is 0 Å². The number of nitrogens with one attached hydrogen (secondary N) is 1. The van der Waals surface area contributed by atoms with Crippen LogP contribution in [0.4, 0.5) is 0 Å². The van der Waals surface area contributed by atoms with Crippen molar-refractivity contribution in [3.63, 3.8) is 0 Å². The molecule has 0 heterocycles. The van der Waals surface area contributed by atoms with Gasteiger partial charge in [-0.3, -0.25) is 4.79 Å². The van der Waals surface area contributed by atoms with Crippen LogP contribution >= 0.6 is 11.8 Å². The third-order valence-corrected chi connectivity index (χ3v) is 5.49. The van der Waals surface area contributed by atoms with Gasteiger partial charge in [-0.15, -0.1) is 0 Å². The lowest BCUT2D eigenvalue weighted by atomic mass is 10.1. The molecule has 3 nitrogen and oxygen atoms in total. The molecule has 0 aliphatic rings. The van der Waals surface area contributed by atoms with Crippen molar-refractivity contribution >= 4 is 28.4 Å². The van der Waals surface area contributed by atoms with Gasteiger partial charge in [0.25, 0.3) is 5.91 Å². The quantitative estimate of drug-likeness (QED) is 0.562. The first-order chi connectivity index (χ1) is 13.1. The summed E-state index contributed by atoms with van der Waals surface area (Å²) in [6.45, 7) is 4.56. The summed E-state index contributed by atoms with van der Waals surface area (Å²) in [7, 11) is 0. The third kappa shape index (κ3) is 5.27. The van der Waals surface area contributed by atoms with Crippen LogP contribution in [0.3, 0.4) is 0 Å². The van der Waals surface area contributed by atoms with E-state index >= 15 is 0 Å². The Kier molecular flexibility index (Phi) is 6.77. The number of carbonyl (C=O) groups is 1. The molecule has 0 bridgehead atoms. The molecule has 0 radical (unpaired) electrons. The van der Waals surface area contributed by atoms with E-state index in [1.165, 1.54) is 11.1 Å². The molecule has 0 aliphatic carbocycles. The lowest BCUT2D eigenvalue weighted by Gasteiger charge is -2.16. The van der Waals surface area contributed by atoms with E-state index in [0.717, 1.165) is 28.0 Å². The SMILES string of the molecule is Cc1ccccc1CSCCNC(=O)[C@H](C)Oc1cccc2ccccc12. The van der Waals surface area contributed by atoms with E-state index in [2.05, 4.69) is 36.5 Å². The Morgan fingerprint density at radius 3 is 2.63 bits per heavy atom. The summed E-state index contributed by atoms with van der Waals surface area (Å²) in [5.41, 5.74) is 2.66. The zero-order chi connectivity index (χ0) is 19.1. The van der Waals surface area contributed by atoms with Crippen LogP contribution in [-0.4, -0.2) is 24.3 Å². The van der Waals surface area contributed by atoms with Crippen molar-refractivity contribution in [2.24, 2.45) is 0 Å². The minimum Gasteiger partial charge on any atom is -0.480 e. The molecule has 1 N–H and O–H groups in total. The molecule has 1 amide bonds. The van der Waals surface area contributed by atoms with Crippen molar-refractivity contribution in [1.82, 2.24) is 5.32 Å². The molecule has 0 saturated heterocycles. The first kappa shape index (κ1) is 19.3. The second-order valence-electron chi connectivity index (χ2n) is 6.51. The molecular weight excluding hydrogens is 354 g/mol. The monoisotopic (exact) mass is 379 g/mol. The van der Waals surface area contributed by atoms with Crippen LogP contribution in [-0.2, 0) is 10.5 Å². The summed E-state index contributed by atoms with van der Waals surface area (Å²) in [6, 6.07) is 22.3. The largest absolute Gasteiger partial charge is 0.480 e. The van der Waals surface area contributed by atoms with E-state index < -0.39 is 6.10 Å². The number of hydrogen-bond donors (Lipinski definition) is 1. The fourth-order valence-corrected chi connectivity index (χ4v) is 3.82.